The van der Waals surface area contributed by atoms with Crippen LogP contribution in [-0.2, 0) is 22.6 Å². The van der Waals surface area contributed by atoms with E-state index < -0.39 is 23.7 Å². The summed E-state index contributed by atoms with van der Waals surface area (Å²) < 4.78 is 23.4. The minimum atomic E-state index is -0.985. The van der Waals surface area contributed by atoms with Crippen molar-refractivity contribution in [1.82, 2.24) is 20.4 Å². The summed E-state index contributed by atoms with van der Waals surface area (Å²) in [5.74, 6) is -1.05. The van der Waals surface area contributed by atoms with Crippen LogP contribution in [0.4, 0.5) is 4.39 Å². The van der Waals surface area contributed by atoms with Gasteiger partial charge >= 0.3 is 5.97 Å². The van der Waals surface area contributed by atoms with Crippen LogP contribution in [0.25, 0.3) is 10.9 Å². The van der Waals surface area contributed by atoms with E-state index in [1.165, 1.54) is 24.3 Å². The van der Waals surface area contributed by atoms with Crippen molar-refractivity contribution in [2.45, 2.75) is 26.0 Å². The second-order valence-corrected chi connectivity index (χ2v) is 6.94. The molecule has 2 aromatic carbocycles. The van der Waals surface area contributed by atoms with E-state index in [4.69, 9.17) is 9.26 Å². The number of H-pyrrole nitrogens is 1. The lowest BCUT2D eigenvalue weighted by molar-refractivity contribution is -0.148. The Bertz CT molecular complexity index is 1220. The van der Waals surface area contributed by atoms with Crippen LogP contribution in [0.15, 0.2) is 59.3 Å². The van der Waals surface area contributed by atoms with Gasteiger partial charge in [-0.1, -0.05) is 23.4 Å². The molecule has 4 aromatic rings. The number of benzene rings is 2. The molecule has 1 atom stereocenters. The third-order valence-corrected chi connectivity index (χ3v) is 4.70. The van der Waals surface area contributed by atoms with Gasteiger partial charge in [0.15, 0.2) is 12.4 Å². The van der Waals surface area contributed by atoms with Crippen molar-refractivity contribution in [3.63, 3.8) is 0 Å². The normalized spacial score (nSPS) is 11.9. The summed E-state index contributed by atoms with van der Waals surface area (Å²) in [4.78, 5) is 32.6. The van der Waals surface area contributed by atoms with Crippen LogP contribution in [0, 0.1) is 12.7 Å². The summed E-state index contributed by atoms with van der Waals surface area (Å²) in [5.41, 5.74) is 1.98. The van der Waals surface area contributed by atoms with E-state index in [2.05, 4.69) is 20.4 Å². The molecule has 158 valence electrons. The average molecular weight is 422 g/mol. The van der Waals surface area contributed by atoms with Crippen molar-refractivity contribution < 1.29 is 23.2 Å². The number of para-hydroxylation sites is 1. The first kappa shape index (κ1) is 20.3. The van der Waals surface area contributed by atoms with Crippen molar-refractivity contribution in [2.24, 2.45) is 0 Å². The molecule has 2 N–H and O–H groups in total. The number of hydrogen-bond acceptors (Lipinski definition) is 6. The molecule has 0 unspecified atom stereocenters. The average Bonchev–Trinajstić information content (AvgIpc) is 3.38. The number of fused-ring (bicyclic) bond motifs is 1. The van der Waals surface area contributed by atoms with E-state index in [0.717, 1.165) is 16.5 Å². The Morgan fingerprint density at radius 2 is 1.97 bits per heavy atom. The van der Waals surface area contributed by atoms with Gasteiger partial charge in [0.1, 0.15) is 11.9 Å². The second kappa shape index (κ2) is 8.78. The zero-order valence-corrected chi connectivity index (χ0v) is 16.6. The molecule has 0 spiro atoms. The van der Waals surface area contributed by atoms with Gasteiger partial charge in [-0.05, 0) is 42.8 Å². The number of rotatable bonds is 7. The summed E-state index contributed by atoms with van der Waals surface area (Å²) in [6.45, 7) is 1.44. The van der Waals surface area contributed by atoms with Crippen LogP contribution in [0.3, 0.4) is 0 Å². The highest BCUT2D eigenvalue weighted by molar-refractivity contribution is 5.97. The highest BCUT2D eigenvalue weighted by Crippen LogP contribution is 2.20. The van der Waals surface area contributed by atoms with Crippen LogP contribution in [-0.4, -0.2) is 33.0 Å². The summed E-state index contributed by atoms with van der Waals surface area (Å²) in [5, 5.41) is 7.26. The molecule has 0 radical (unpaired) electrons. The fourth-order valence-electron chi connectivity index (χ4n) is 3.19. The van der Waals surface area contributed by atoms with E-state index in [9.17, 15) is 14.0 Å². The minimum absolute atomic E-state index is 0.154. The first-order valence-corrected chi connectivity index (χ1v) is 9.57. The number of esters is 1. The number of nitrogens with one attached hydrogen (secondary N) is 2. The predicted octanol–water partition coefficient (Wildman–Crippen LogP) is 3.08. The molecule has 4 rings (SSSR count). The van der Waals surface area contributed by atoms with E-state index in [-0.39, 0.29) is 24.5 Å². The van der Waals surface area contributed by atoms with Gasteiger partial charge in [-0.3, -0.25) is 4.79 Å². The van der Waals surface area contributed by atoms with Gasteiger partial charge in [0.2, 0.25) is 0 Å². The highest BCUT2D eigenvalue weighted by Gasteiger charge is 2.25. The Morgan fingerprint density at radius 3 is 2.71 bits per heavy atom. The minimum Gasteiger partial charge on any atom is -0.454 e. The maximum absolute atomic E-state index is 13.2. The lowest BCUT2D eigenvalue weighted by Gasteiger charge is -2.17. The molecule has 2 heterocycles. The number of aromatic amines is 1. The van der Waals surface area contributed by atoms with Gasteiger partial charge in [0, 0.05) is 29.1 Å². The van der Waals surface area contributed by atoms with E-state index in [1.807, 2.05) is 24.3 Å². The highest BCUT2D eigenvalue weighted by atomic mass is 19.1. The maximum Gasteiger partial charge on any atom is 0.329 e. The predicted molar refractivity (Wildman–Crippen MR) is 108 cm³/mol. The summed E-state index contributed by atoms with van der Waals surface area (Å²) in [7, 11) is 0. The smallest absolute Gasteiger partial charge is 0.329 e. The monoisotopic (exact) mass is 422 g/mol. The number of carbonyl (C=O) groups is 2. The number of nitrogens with zero attached hydrogens (tertiary/aromatic N) is 2. The zero-order chi connectivity index (χ0) is 21.8. The Balaban J connectivity index is 1.53. The van der Waals surface area contributed by atoms with Crippen LogP contribution >= 0.6 is 0 Å². The third kappa shape index (κ3) is 4.77. The van der Waals surface area contributed by atoms with Crippen molar-refractivity contribution in [2.75, 3.05) is 0 Å². The van der Waals surface area contributed by atoms with Gasteiger partial charge in [0.05, 0.1) is 0 Å². The molecule has 0 aliphatic rings. The van der Waals surface area contributed by atoms with Crippen LogP contribution in [0.2, 0.25) is 0 Å². The molecule has 2 aromatic heterocycles. The molecule has 0 bridgehead atoms. The molecule has 0 saturated carbocycles. The van der Waals surface area contributed by atoms with Crippen molar-refractivity contribution in [3.05, 3.63) is 83.4 Å². The quantitative estimate of drug-likeness (QED) is 0.443. The standard InChI is InChI=1S/C22H19FN4O4/c1-13-25-20(31-27-13)12-30-22(29)19(26-21(28)14-6-8-16(23)9-7-14)10-15-11-24-18-5-3-2-4-17(15)18/h2-9,11,19,24H,10,12H2,1H3,(H,26,28)/t19-/m0/s1. The van der Waals surface area contributed by atoms with E-state index >= 15 is 0 Å². The van der Waals surface area contributed by atoms with Crippen LogP contribution < -0.4 is 5.32 Å². The molecular weight excluding hydrogens is 403 g/mol. The summed E-state index contributed by atoms with van der Waals surface area (Å²) in [6, 6.07) is 11.7. The van der Waals surface area contributed by atoms with Crippen molar-refractivity contribution >= 4 is 22.8 Å². The molecule has 9 heteroatoms. The molecule has 0 aliphatic heterocycles. The fraction of sp³-hybridized carbons (Fsp3) is 0.182. The van der Waals surface area contributed by atoms with Crippen molar-refractivity contribution in [3.8, 4) is 0 Å². The van der Waals surface area contributed by atoms with Gasteiger partial charge in [-0.15, -0.1) is 0 Å². The van der Waals surface area contributed by atoms with Gasteiger partial charge in [0.25, 0.3) is 11.8 Å². The van der Waals surface area contributed by atoms with Gasteiger partial charge in [-0.2, -0.15) is 4.98 Å². The molecule has 1 amide bonds. The molecular formula is C22H19FN4O4. The SMILES string of the molecule is Cc1noc(COC(=O)[C@H](Cc2c[nH]c3ccccc23)NC(=O)c2ccc(F)cc2)n1. The number of halogens is 1. The van der Waals surface area contributed by atoms with Gasteiger partial charge < -0.3 is 19.6 Å². The largest absolute Gasteiger partial charge is 0.454 e. The Kier molecular flexibility index (Phi) is 5.74. The molecule has 31 heavy (non-hydrogen) atoms. The zero-order valence-electron chi connectivity index (χ0n) is 16.6. The fourth-order valence-corrected chi connectivity index (χ4v) is 3.19. The molecule has 0 fully saturated rings. The lowest BCUT2D eigenvalue weighted by atomic mass is 10.0. The van der Waals surface area contributed by atoms with Crippen LogP contribution in [0.1, 0.15) is 27.6 Å². The van der Waals surface area contributed by atoms with Gasteiger partial charge in [-0.25, -0.2) is 9.18 Å². The Labute approximate surface area is 176 Å². The first-order chi connectivity index (χ1) is 15.0. The third-order valence-electron chi connectivity index (χ3n) is 4.70. The number of hydrogen-bond donors (Lipinski definition) is 2. The van der Waals surface area contributed by atoms with E-state index in [0.29, 0.717) is 5.82 Å². The summed E-state index contributed by atoms with van der Waals surface area (Å²) in [6.07, 6.45) is 1.98. The van der Waals surface area contributed by atoms with Crippen LogP contribution in [0.5, 0.6) is 0 Å². The number of aromatic nitrogens is 3. The maximum atomic E-state index is 13.2. The number of aryl methyl sites for hydroxylation is 1. The number of amides is 1. The topological polar surface area (TPSA) is 110 Å². The molecule has 0 saturated heterocycles. The lowest BCUT2D eigenvalue weighted by Crippen LogP contribution is -2.43. The summed E-state index contributed by atoms with van der Waals surface area (Å²) >= 11 is 0. The van der Waals surface area contributed by atoms with E-state index in [1.54, 1.807) is 13.1 Å². The molecule has 8 nitrogen and oxygen atoms in total. The first-order valence-electron chi connectivity index (χ1n) is 9.57. The molecule has 0 aliphatic carbocycles. The Hall–Kier alpha value is -4.01. The number of carbonyl (C=O) groups excluding carboxylic acids is 2. The number of ether oxygens (including phenoxy) is 1. The second-order valence-electron chi connectivity index (χ2n) is 6.94. The Morgan fingerprint density at radius 1 is 1.19 bits per heavy atom. The van der Waals surface area contributed by atoms with Crippen molar-refractivity contribution in [1.29, 1.82) is 0 Å².